The molecule has 9 heteroatoms. The van der Waals surface area contributed by atoms with Gasteiger partial charge in [0.15, 0.2) is 11.6 Å². The van der Waals surface area contributed by atoms with Gasteiger partial charge in [-0.15, -0.1) is 0 Å². The molecule has 0 unspecified atom stereocenters. The number of fused-ring (bicyclic) bond motifs is 1. The van der Waals surface area contributed by atoms with Crippen LogP contribution in [-0.4, -0.2) is 55.1 Å². The minimum absolute atomic E-state index is 0.00790. The minimum atomic E-state index is -0.744. The predicted molar refractivity (Wildman–Crippen MR) is 116 cm³/mol. The number of nitrogens with zero attached hydrogens (tertiary/aromatic N) is 2. The Labute approximate surface area is 187 Å². The van der Waals surface area contributed by atoms with Gasteiger partial charge in [-0.1, -0.05) is 13.0 Å². The van der Waals surface area contributed by atoms with Crippen LogP contribution in [0.25, 0.3) is 0 Å². The van der Waals surface area contributed by atoms with E-state index in [0.717, 1.165) is 24.2 Å². The summed E-state index contributed by atoms with van der Waals surface area (Å²) in [4.78, 5) is 25.0. The number of amides is 1. The average Bonchev–Trinajstić information content (AvgIpc) is 3.13. The molecule has 2 aromatic rings. The molecule has 0 atom stereocenters. The molecule has 0 bridgehead atoms. The van der Waals surface area contributed by atoms with Gasteiger partial charge in [-0.25, -0.2) is 9.18 Å². The molecule has 0 saturated carbocycles. The van der Waals surface area contributed by atoms with Crippen molar-refractivity contribution in [2.45, 2.75) is 45.6 Å². The number of esters is 1. The number of aromatic nitrogens is 2. The average molecular weight is 448 g/mol. The molecule has 0 fully saturated rings. The van der Waals surface area contributed by atoms with E-state index >= 15 is 0 Å². The summed E-state index contributed by atoms with van der Waals surface area (Å²) in [5, 5.41) is 7.59. The summed E-state index contributed by atoms with van der Waals surface area (Å²) in [5.41, 5.74) is 2.11. The second kappa shape index (κ2) is 11.6. The van der Waals surface area contributed by atoms with E-state index in [9.17, 15) is 14.0 Å². The molecule has 174 valence electrons. The number of rotatable bonds is 7. The summed E-state index contributed by atoms with van der Waals surface area (Å²) in [5.74, 6) is -1.60. The summed E-state index contributed by atoms with van der Waals surface area (Å²) in [6.07, 6.45) is 3.36. The van der Waals surface area contributed by atoms with Gasteiger partial charge in [0.05, 0.1) is 36.2 Å². The van der Waals surface area contributed by atoms with Gasteiger partial charge in [-0.05, 0) is 37.8 Å². The van der Waals surface area contributed by atoms with Crippen LogP contribution in [0.15, 0.2) is 18.2 Å². The van der Waals surface area contributed by atoms with E-state index in [4.69, 9.17) is 14.2 Å². The van der Waals surface area contributed by atoms with Crippen LogP contribution in [-0.2, 0) is 28.9 Å². The summed E-state index contributed by atoms with van der Waals surface area (Å²) in [6.45, 7) is 4.36. The maximum atomic E-state index is 14.2. The number of halogens is 1. The molecule has 0 spiro atoms. The highest BCUT2D eigenvalue weighted by atomic mass is 19.1. The Morgan fingerprint density at radius 3 is 2.91 bits per heavy atom. The largest absolute Gasteiger partial charge is 0.494 e. The second-order valence-corrected chi connectivity index (χ2v) is 7.48. The fourth-order valence-electron chi connectivity index (χ4n) is 3.69. The van der Waals surface area contributed by atoms with Crippen LogP contribution in [0.5, 0.6) is 5.75 Å². The molecule has 8 nitrogen and oxygen atoms in total. The van der Waals surface area contributed by atoms with Crippen LogP contribution in [0, 0.1) is 5.82 Å². The van der Waals surface area contributed by atoms with Gasteiger partial charge in [-0.3, -0.25) is 9.48 Å². The lowest BCUT2D eigenvalue weighted by Crippen LogP contribution is -2.26. The Morgan fingerprint density at radius 2 is 2.12 bits per heavy atom. The zero-order chi connectivity index (χ0) is 22.9. The third kappa shape index (κ3) is 5.64. The van der Waals surface area contributed by atoms with Crippen LogP contribution in [0.1, 0.15) is 58.3 Å². The molecule has 1 aromatic heterocycles. The number of benzene rings is 1. The fraction of sp³-hybridized carbons (Fsp3) is 0.522. The number of methoxy groups -OCH3 is 1. The SMILES string of the molecule is CCc1nn(CCCOC(=O)c2cccc(OC)c2F)c2c1C(=O)NCCCOCCC2. The molecule has 32 heavy (non-hydrogen) atoms. The van der Waals surface area contributed by atoms with Crippen molar-refractivity contribution in [2.75, 3.05) is 33.5 Å². The third-order valence-corrected chi connectivity index (χ3v) is 5.30. The molecule has 0 aliphatic carbocycles. The first kappa shape index (κ1) is 23.7. The molecule has 0 radical (unpaired) electrons. The van der Waals surface area contributed by atoms with Gasteiger partial charge in [0, 0.05) is 32.7 Å². The van der Waals surface area contributed by atoms with E-state index in [1.807, 2.05) is 11.6 Å². The molecule has 1 aromatic carbocycles. The lowest BCUT2D eigenvalue weighted by Gasteiger charge is -2.11. The number of ether oxygens (including phenoxy) is 3. The first-order chi connectivity index (χ1) is 15.6. The Balaban J connectivity index is 1.66. The van der Waals surface area contributed by atoms with Crippen molar-refractivity contribution in [1.29, 1.82) is 0 Å². The zero-order valence-electron chi connectivity index (χ0n) is 18.6. The van der Waals surface area contributed by atoms with Crippen molar-refractivity contribution in [1.82, 2.24) is 15.1 Å². The molecule has 1 N–H and O–H groups in total. The van der Waals surface area contributed by atoms with Crippen LogP contribution < -0.4 is 10.1 Å². The lowest BCUT2D eigenvalue weighted by molar-refractivity contribution is 0.0488. The Bertz CT molecular complexity index is 944. The number of hydrogen-bond donors (Lipinski definition) is 1. The molecule has 0 saturated heterocycles. The van der Waals surface area contributed by atoms with Crippen molar-refractivity contribution >= 4 is 11.9 Å². The van der Waals surface area contributed by atoms with Crippen LogP contribution in [0.2, 0.25) is 0 Å². The van der Waals surface area contributed by atoms with E-state index in [0.29, 0.717) is 51.1 Å². The smallest absolute Gasteiger partial charge is 0.341 e. The molecule has 2 heterocycles. The Hall–Kier alpha value is -2.94. The maximum Gasteiger partial charge on any atom is 0.341 e. The van der Waals surface area contributed by atoms with Crippen molar-refractivity contribution in [3.05, 3.63) is 46.5 Å². The summed E-state index contributed by atoms with van der Waals surface area (Å²) in [7, 11) is 1.34. The molecule has 1 aliphatic rings. The van der Waals surface area contributed by atoms with Gasteiger partial charge in [0.1, 0.15) is 0 Å². The highest BCUT2D eigenvalue weighted by Gasteiger charge is 2.23. The third-order valence-electron chi connectivity index (χ3n) is 5.30. The number of hydrogen-bond acceptors (Lipinski definition) is 6. The highest BCUT2D eigenvalue weighted by molar-refractivity contribution is 5.96. The molecule has 3 rings (SSSR count). The topological polar surface area (TPSA) is 91.7 Å². The van der Waals surface area contributed by atoms with Gasteiger partial charge in [0.25, 0.3) is 5.91 Å². The minimum Gasteiger partial charge on any atom is -0.494 e. The second-order valence-electron chi connectivity index (χ2n) is 7.48. The van der Waals surface area contributed by atoms with E-state index < -0.39 is 11.8 Å². The van der Waals surface area contributed by atoms with Gasteiger partial charge < -0.3 is 19.5 Å². The number of aryl methyl sites for hydroxylation is 2. The number of carbonyl (C=O) groups excluding carboxylic acids is 2. The van der Waals surface area contributed by atoms with Crippen molar-refractivity contribution < 1.29 is 28.2 Å². The highest BCUT2D eigenvalue weighted by Crippen LogP contribution is 2.21. The first-order valence-electron chi connectivity index (χ1n) is 11.0. The monoisotopic (exact) mass is 447 g/mol. The summed E-state index contributed by atoms with van der Waals surface area (Å²) in [6, 6.07) is 4.34. The summed E-state index contributed by atoms with van der Waals surface area (Å²) < 4.78 is 31.8. The molecule has 1 amide bonds. The van der Waals surface area contributed by atoms with Gasteiger partial charge in [-0.2, -0.15) is 5.10 Å². The molecular weight excluding hydrogens is 417 g/mol. The maximum absolute atomic E-state index is 14.2. The quantitative estimate of drug-likeness (QED) is 0.518. The standard InChI is InChI=1S/C23H30FN3O5/c1-3-17-20-18(9-5-13-31-14-6-11-25-22(20)28)27(26-17)12-7-15-32-23(29)16-8-4-10-19(30-2)21(16)24/h4,8,10H,3,5-7,9,11-15H2,1-2H3,(H,25,28). The summed E-state index contributed by atoms with van der Waals surface area (Å²) >= 11 is 0. The van der Waals surface area contributed by atoms with Gasteiger partial charge in [0.2, 0.25) is 0 Å². The van der Waals surface area contributed by atoms with Crippen LogP contribution >= 0.6 is 0 Å². The van der Waals surface area contributed by atoms with E-state index in [1.165, 1.54) is 25.3 Å². The van der Waals surface area contributed by atoms with E-state index in [-0.39, 0.29) is 23.8 Å². The predicted octanol–water partition coefficient (Wildman–Crippen LogP) is 2.92. The van der Waals surface area contributed by atoms with E-state index in [2.05, 4.69) is 10.4 Å². The Morgan fingerprint density at radius 1 is 1.31 bits per heavy atom. The van der Waals surface area contributed by atoms with Gasteiger partial charge >= 0.3 is 5.97 Å². The number of carbonyl (C=O) groups is 2. The van der Waals surface area contributed by atoms with Crippen molar-refractivity contribution in [3.63, 3.8) is 0 Å². The Kier molecular flexibility index (Phi) is 8.61. The fourth-order valence-corrected chi connectivity index (χ4v) is 3.69. The molecular formula is C23H30FN3O5. The number of nitrogens with one attached hydrogen (secondary N) is 1. The van der Waals surface area contributed by atoms with Crippen LogP contribution in [0.3, 0.4) is 0 Å². The van der Waals surface area contributed by atoms with Crippen molar-refractivity contribution in [3.8, 4) is 5.75 Å². The zero-order valence-corrected chi connectivity index (χ0v) is 18.6. The first-order valence-corrected chi connectivity index (χ1v) is 11.0. The lowest BCUT2D eigenvalue weighted by atomic mass is 10.1. The van der Waals surface area contributed by atoms with E-state index in [1.54, 1.807) is 0 Å². The van der Waals surface area contributed by atoms with Crippen molar-refractivity contribution in [2.24, 2.45) is 0 Å². The van der Waals surface area contributed by atoms with Crippen LogP contribution in [0.4, 0.5) is 4.39 Å². The normalized spacial score (nSPS) is 14.8. The molecule has 1 aliphatic heterocycles.